The van der Waals surface area contributed by atoms with Crippen LogP contribution in [0.5, 0.6) is 0 Å². The minimum Gasteiger partial charge on any atom is -0.373 e. The highest BCUT2D eigenvalue weighted by Gasteiger charge is 2.73. The number of aliphatic hydroxyl groups is 1. The van der Waals surface area contributed by atoms with Crippen molar-refractivity contribution in [2.45, 2.75) is 50.7 Å². The Bertz CT molecular complexity index is 289. The summed E-state index contributed by atoms with van der Waals surface area (Å²) in [7, 11) is 0. The van der Waals surface area contributed by atoms with Gasteiger partial charge in [0.25, 0.3) is 5.60 Å². The molecule has 0 aromatic carbocycles. The summed E-state index contributed by atoms with van der Waals surface area (Å²) in [5.41, 5.74) is -4.61. The Morgan fingerprint density at radius 3 is 1.58 bits per heavy atom. The monoisotopic (exact) mass is 293 g/mol. The Labute approximate surface area is 107 Å². The smallest absolute Gasteiger partial charge is 0.373 e. The van der Waals surface area contributed by atoms with E-state index in [1.165, 1.54) is 0 Å². The van der Waals surface area contributed by atoms with Crippen molar-refractivity contribution in [2.24, 2.45) is 5.92 Å². The molecule has 0 spiro atoms. The molecular formula is C11H17F6NO. The predicted octanol–water partition coefficient (Wildman–Crippen LogP) is 2.96. The predicted molar refractivity (Wildman–Crippen MR) is 56.5 cm³/mol. The number of piperidine rings is 1. The molecule has 19 heavy (non-hydrogen) atoms. The van der Waals surface area contributed by atoms with Crippen molar-refractivity contribution in [3.8, 4) is 0 Å². The molecule has 0 atom stereocenters. The molecule has 1 fully saturated rings. The molecule has 2 nitrogen and oxygen atoms in total. The zero-order valence-corrected chi connectivity index (χ0v) is 10.6. The molecule has 1 rings (SSSR count). The van der Waals surface area contributed by atoms with Gasteiger partial charge in [-0.1, -0.05) is 0 Å². The highest BCUT2D eigenvalue weighted by atomic mass is 19.4. The van der Waals surface area contributed by atoms with E-state index in [9.17, 15) is 31.4 Å². The maximum Gasteiger partial charge on any atom is 0.426 e. The van der Waals surface area contributed by atoms with Crippen LogP contribution in [0.3, 0.4) is 0 Å². The minimum absolute atomic E-state index is 0.0609. The van der Waals surface area contributed by atoms with Crippen LogP contribution < -0.4 is 0 Å². The summed E-state index contributed by atoms with van der Waals surface area (Å²) in [5, 5.41) is 9.27. The van der Waals surface area contributed by atoms with Crippen LogP contribution in [-0.4, -0.2) is 47.1 Å². The average Bonchev–Trinajstić information content (AvgIpc) is 2.25. The highest BCUT2D eigenvalue weighted by molar-refractivity contribution is 5.01. The van der Waals surface area contributed by atoms with Crippen molar-refractivity contribution in [3.63, 3.8) is 0 Å². The molecule has 0 amide bonds. The van der Waals surface area contributed by atoms with Gasteiger partial charge in [-0.15, -0.1) is 0 Å². The Kier molecular flexibility index (Phi) is 4.46. The van der Waals surface area contributed by atoms with Crippen molar-refractivity contribution in [1.29, 1.82) is 0 Å². The lowest BCUT2D eigenvalue weighted by molar-refractivity contribution is -0.387. The fourth-order valence-electron chi connectivity index (χ4n) is 2.46. The number of likely N-dealkylation sites (tertiary alicyclic amines) is 1. The van der Waals surface area contributed by atoms with Crippen LogP contribution >= 0.6 is 0 Å². The third kappa shape index (κ3) is 2.99. The summed E-state index contributed by atoms with van der Waals surface area (Å²) in [6, 6.07) is 0.0609. The first kappa shape index (κ1) is 16.6. The van der Waals surface area contributed by atoms with Gasteiger partial charge in [0.1, 0.15) is 0 Å². The molecular weight excluding hydrogens is 276 g/mol. The quantitative estimate of drug-likeness (QED) is 0.791. The minimum atomic E-state index is -5.71. The number of nitrogens with zero attached hydrogens (tertiary/aromatic N) is 1. The zero-order valence-electron chi connectivity index (χ0n) is 10.6. The third-order valence-electron chi connectivity index (χ3n) is 3.72. The largest absolute Gasteiger partial charge is 0.426 e. The van der Waals surface area contributed by atoms with E-state index in [-0.39, 0.29) is 32.0 Å². The standard InChI is InChI=1S/C11H17F6NO/c1-7(2)18-5-3-8(4-6-18)9(19,10(12,13)14)11(15,16)17/h7-8,19H,3-6H2,1-2H3. The van der Waals surface area contributed by atoms with E-state index in [1.54, 1.807) is 4.90 Å². The van der Waals surface area contributed by atoms with Gasteiger partial charge in [0.2, 0.25) is 0 Å². The van der Waals surface area contributed by atoms with E-state index in [2.05, 4.69) is 0 Å². The van der Waals surface area contributed by atoms with Crippen molar-refractivity contribution in [1.82, 2.24) is 4.90 Å². The van der Waals surface area contributed by atoms with Gasteiger partial charge in [-0.3, -0.25) is 0 Å². The van der Waals surface area contributed by atoms with Gasteiger partial charge in [-0.05, 0) is 39.8 Å². The summed E-state index contributed by atoms with van der Waals surface area (Å²) in [6.45, 7) is 3.88. The van der Waals surface area contributed by atoms with Gasteiger partial charge in [-0.2, -0.15) is 26.3 Å². The van der Waals surface area contributed by atoms with E-state index in [0.29, 0.717) is 0 Å². The van der Waals surface area contributed by atoms with Crippen LogP contribution in [0, 0.1) is 5.92 Å². The molecule has 1 aliphatic heterocycles. The van der Waals surface area contributed by atoms with Crippen LogP contribution in [0.1, 0.15) is 26.7 Å². The first-order valence-corrected chi connectivity index (χ1v) is 6.01. The van der Waals surface area contributed by atoms with Crippen LogP contribution in [0.4, 0.5) is 26.3 Å². The number of hydrogen-bond acceptors (Lipinski definition) is 2. The van der Waals surface area contributed by atoms with E-state index in [0.717, 1.165) is 0 Å². The molecule has 0 bridgehead atoms. The summed E-state index contributed by atoms with van der Waals surface area (Å²) in [6.07, 6.45) is -12.1. The van der Waals surface area contributed by atoms with Crippen LogP contribution in [0.25, 0.3) is 0 Å². The van der Waals surface area contributed by atoms with Crippen molar-refractivity contribution in [2.75, 3.05) is 13.1 Å². The van der Waals surface area contributed by atoms with E-state index < -0.39 is 23.9 Å². The molecule has 0 aromatic heterocycles. The second-order valence-corrected chi connectivity index (χ2v) is 5.17. The molecule has 0 radical (unpaired) electrons. The van der Waals surface area contributed by atoms with E-state index in [1.807, 2.05) is 13.8 Å². The molecule has 0 aliphatic carbocycles. The Morgan fingerprint density at radius 1 is 0.947 bits per heavy atom. The number of hydrogen-bond donors (Lipinski definition) is 1. The fourth-order valence-corrected chi connectivity index (χ4v) is 2.46. The first-order valence-electron chi connectivity index (χ1n) is 6.01. The second-order valence-electron chi connectivity index (χ2n) is 5.17. The molecule has 0 unspecified atom stereocenters. The summed E-state index contributed by atoms with van der Waals surface area (Å²) < 4.78 is 75.9. The molecule has 8 heteroatoms. The van der Waals surface area contributed by atoms with Crippen molar-refractivity contribution >= 4 is 0 Å². The van der Waals surface area contributed by atoms with Crippen LogP contribution in [0.2, 0.25) is 0 Å². The summed E-state index contributed by atoms with van der Waals surface area (Å²) in [4.78, 5) is 1.80. The van der Waals surface area contributed by atoms with Gasteiger partial charge in [0, 0.05) is 12.0 Å². The Balaban J connectivity index is 2.92. The average molecular weight is 293 g/mol. The van der Waals surface area contributed by atoms with Gasteiger partial charge in [0.05, 0.1) is 0 Å². The molecule has 1 N–H and O–H groups in total. The van der Waals surface area contributed by atoms with Gasteiger partial charge >= 0.3 is 12.4 Å². The molecule has 1 heterocycles. The normalized spacial score (nSPS) is 21.2. The molecule has 114 valence electrons. The third-order valence-corrected chi connectivity index (χ3v) is 3.72. The lowest BCUT2D eigenvalue weighted by Gasteiger charge is -2.43. The maximum absolute atomic E-state index is 12.7. The van der Waals surface area contributed by atoms with Crippen LogP contribution in [-0.2, 0) is 0 Å². The highest BCUT2D eigenvalue weighted by Crippen LogP contribution is 2.50. The van der Waals surface area contributed by atoms with Gasteiger partial charge in [-0.25, -0.2) is 0 Å². The molecule has 0 saturated carbocycles. The Morgan fingerprint density at radius 2 is 1.32 bits per heavy atom. The SMILES string of the molecule is CC(C)N1CCC(C(O)(C(F)(F)F)C(F)(F)F)CC1. The molecule has 1 saturated heterocycles. The fraction of sp³-hybridized carbons (Fsp3) is 1.00. The lowest BCUT2D eigenvalue weighted by atomic mass is 9.79. The number of rotatable bonds is 2. The lowest BCUT2D eigenvalue weighted by Crippen LogP contribution is -2.63. The molecule has 1 aliphatic rings. The number of alkyl halides is 6. The summed E-state index contributed by atoms with van der Waals surface area (Å²) >= 11 is 0. The van der Waals surface area contributed by atoms with Crippen molar-refractivity contribution < 1.29 is 31.4 Å². The first-order chi connectivity index (χ1) is 8.41. The van der Waals surface area contributed by atoms with Crippen LogP contribution in [0.15, 0.2) is 0 Å². The zero-order chi connectivity index (χ0) is 15.1. The number of halogens is 6. The second kappa shape index (κ2) is 5.12. The van der Waals surface area contributed by atoms with Gasteiger partial charge in [0.15, 0.2) is 0 Å². The maximum atomic E-state index is 12.7. The molecule has 0 aromatic rings. The van der Waals surface area contributed by atoms with E-state index in [4.69, 9.17) is 0 Å². The summed E-state index contributed by atoms with van der Waals surface area (Å²) in [5.74, 6) is -1.84. The van der Waals surface area contributed by atoms with Gasteiger partial charge < -0.3 is 10.0 Å². The van der Waals surface area contributed by atoms with Crippen molar-refractivity contribution in [3.05, 3.63) is 0 Å². The Hall–Kier alpha value is -0.500. The van der Waals surface area contributed by atoms with E-state index >= 15 is 0 Å². The topological polar surface area (TPSA) is 23.5 Å².